The monoisotopic (exact) mass is 160 g/mol. The van der Waals surface area contributed by atoms with Gasteiger partial charge >= 0.3 is 5.56 Å². The highest BCUT2D eigenvalue weighted by atomic mass is 35.5. The molecule has 1 heterocycles. The average molecular weight is 161 g/mol. The Hall–Kier alpha value is -1.03. The Morgan fingerprint density at radius 2 is 2.40 bits per heavy atom. The summed E-state index contributed by atoms with van der Waals surface area (Å²) in [5.41, 5.74) is -0.140. The molecular formula is C5H5ClN2O2. The van der Waals surface area contributed by atoms with E-state index >= 15 is 0 Å². The van der Waals surface area contributed by atoms with Gasteiger partial charge in [0.25, 0.3) is 0 Å². The van der Waals surface area contributed by atoms with E-state index in [4.69, 9.17) is 16.8 Å². The molecule has 0 aliphatic heterocycles. The second-order valence-corrected chi connectivity index (χ2v) is 2.21. The smallest absolute Gasteiger partial charge is 0.321 e. The van der Waals surface area contributed by atoms with Crippen molar-refractivity contribution in [1.82, 2.24) is 9.94 Å². The minimum absolute atomic E-state index is 0.00231. The number of aryl methyl sites for hydroxylation is 1. The van der Waals surface area contributed by atoms with E-state index in [-0.39, 0.29) is 9.87 Å². The van der Waals surface area contributed by atoms with Gasteiger partial charge in [-0.1, -0.05) is 16.4 Å². The summed E-state index contributed by atoms with van der Waals surface area (Å²) in [6.07, 6.45) is 1.31. The summed E-state index contributed by atoms with van der Waals surface area (Å²) in [5.74, 6) is 0. The van der Waals surface area contributed by atoms with Crippen molar-refractivity contribution in [2.75, 3.05) is 0 Å². The molecule has 0 atom stereocenters. The fourth-order valence-corrected chi connectivity index (χ4v) is 0.631. The summed E-state index contributed by atoms with van der Waals surface area (Å²) in [7, 11) is 0. The second kappa shape index (κ2) is 2.30. The molecule has 1 aromatic heterocycles. The Labute approximate surface area is 61.6 Å². The van der Waals surface area contributed by atoms with Crippen LogP contribution >= 0.6 is 11.6 Å². The lowest BCUT2D eigenvalue weighted by atomic mass is 10.3. The summed E-state index contributed by atoms with van der Waals surface area (Å²) < 4.78 is 0. The molecule has 0 spiro atoms. The molecule has 0 aliphatic carbocycles. The van der Waals surface area contributed by atoms with Gasteiger partial charge in [-0.3, -0.25) is 4.79 Å². The Morgan fingerprint density at radius 1 is 1.80 bits per heavy atom. The quantitative estimate of drug-likeness (QED) is 0.561. The van der Waals surface area contributed by atoms with Gasteiger partial charge in [0.15, 0.2) is 0 Å². The Balaban J connectivity index is 3.50. The molecule has 1 aromatic rings. The van der Waals surface area contributed by atoms with Crippen LogP contribution in [0.5, 0.6) is 0 Å². The second-order valence-electron chi connectivity index (χ2n) is 1.84. The fraction of sp³-hybridized carbons (Fsp3) is 0.200. The Bertz CT molecular complexity index is 307. The lowest BCUT2D eigenvalue weighted by molar-refractivity contribution is 0.134. The van der Waals surface area contributed by atoms with Crippen molar-refractivity contribution in [2.24, 2.45) is 0 Å². The molecule has 0 amide bonds. The van der Waals surface area contributed by atoms with Crippen molar-refractivity contribution in [3.63, 3.8) is 0 Å². The third kappa shape index (κ3) is 0.974. The van der Waals surface area contributed by atoms with E-state index in [1.165, 1.54) is 6.20 Å². The first-order chi connectivity index (χ1) is 4.63. The van der Waals surface area contributed by atoms with Crippen LogP contribution in [0.15, 0.2) is 11.0 Å². The zero-order valence-corrected chi connectivity index (χ0v) is 5.96. The third-order valence-electron chi connectivity index (χ3n) is 1.08. The molecule has 0 aliphatic rings. The van der Waals surface area contributed by atoms with Gasteiger partial charge in [0.05, 0.1) is 6.20 Å². The molecule has 0 fully saturated rings. The molecule has 4 nitrogen and oxygen atoms in total. The maximum atomic E-state index is 10.7. The van der Waals surface area contributed by atoms with Crippen molar-refractivity contribution in [3.05, 3.63) is 27.1 Å². The van der Waals surface area contributed by atoms with Crippen LogP contribution in [-0.4, -0.2) is 15.2 Å². The highest BCUT2D eigenvalue weighted by Gasteiger charge is 2.02. The third-order valence-corrected chi connectivity index (χ3v) is 1.54. The van der Waals surface area contributed by atoms with Crippen LogP contribution in [-0.2, 0) is 0 Å². The van der Waals surface area contributed by atoms with E-state index in [0.29, 0.717) is 5.56 Å². The fourth-order valence-electron chi connectivity index (χ4n) is 0.507. The lowest BCUT2D eigenvalue weighted by Gasteiger charge is -1.95. The highest BCUT2D eigenvalue weighted by Crippen LogP contribution is 2.04. The largest absolute Gasteiger partial charge is 0.409 e. The Kier molecular flexibility index (Phi) is 1.63. The predicted molar refractivity (Wildman–Crippen MR) is 35.4 cm³/mol. The van der Waals surface area contributed by atoms with Crippen LogP contribution in [0.4, 0.5) is 0 Å². The molecule has 1 rings (SSSR count). The zero-order chi connectivity index (χ0) is 7.72. The summed E-state index contributed by atoms with van der Waals surface area (Å²) in [5, 5.41) is 11.9. The molecule has 0 aromatic carbocycles. The van der Waals surface area contributed by atoms with E-state index in [0.717, 1.165) is 0 Å². The molecule has 0 saturated carbocycles. The van der Waals surface area contributed by atoms with E-state index < -0.39 is 5.56 Å². The van der Waals surface area contributed by atoms with Crippen molar-refractivity contribution in [3.8, 4) is 0 Å². The van der Waals surface area contributed by atoms with Crippen LogP contribution in [0.25, 0.3) is 0 Å². The molecule has 0 radical (unpaired) electrons. The van der Waals surface area contributed by atoms with Gasteiger partial charge in [0.2, 0.25) is 0 Å². The number of rotatable bonds is 0. The van der Waals surface area contributed by atoms with Crippen molar-refractivity contribution >= 4 is 11.6 Å². The minimum atomic E-state index is -0.693. The highest BCUT2D eigenvalue weighted by molar-refractivity contribution is 6.31. The summed E-state index contributed by atoms with van der Waals surface area (Å²) in [6, 6.07) is 0. The van der Waals surface area contributed by atoms with E-state index in [9.17, 15) is 4.79 Å². The predicted octanol–water partition coefficient (Wildman–Crippen LogP) is 0.442. The Morgan fingerprint density at radius 3 is 2.90 bits per heavy atom. The number of hydrogen-bond acceptors (Lipinski definition) is 3. The first-order valence-electron chi connectivity index (χ1n) is 2.56. The molecule has 0 saturated heterocycles. The van der Waals surface area contributed by atoms with Crippen LogP contribution in [0.3, 0.4) is 0 Å². The van der Waals surface area contributed by atoms with Gasteiger partial charge in [-0.05, 0) is 12.5 Å². The van der Waals surface area contributed by atoms with Crippen molar-refractivity contribution in [2.45, 2.75) is 6.92 Å². The molecular weight excluding hydrogens is 156 g/mol. The van der Waals surface area contributed by atoms with Crippen LogP contribution in [0.2, 0.25) is 5.02 Å². The average Bonchev–Trinajstić information content (AvgIpc) is 1.93. The number of aromatic nitrogens is 2. The maximum Gasteiger partial charge on any atom is 0.321 e. The number of nitrogens with zero attached hydrogens (tertiary/aromatic N) is 2. The number of hydrogen-bond donors (Lipinski definition) is 1. The number of halogens is 1. The normalized spacial score (nSPS) is 9.80. The maximum absolute atomic E-state index is 10.7. The van der Waals surface area contributed by atoms with Gasteiger partial charge in [-0.25, -0.2) is 0 Å². The summed E-state index contributed by atoms with van der Waals surface area (Å²) >= 11 is 5.45. The van der Waals surface area contributed by atoms with Crippen LogP contribution < -0.4 is 5.56 Å². The first-order valence-corrected chi connectivity index (χ1v) is 2.94. The molecule has 1 N–H and O–H groups in total. The van der Waals surface area contributed by atoms with Gasteiger partial charge in [-0.15, -0.1) is 5.10 Å². The van der Waals surface area contributed by atoms with Crippen molar-refractivity contribution < 1.29 is 5.21 Å². The molecule has 0 unspecified atom stereocenters. The topological polar surface area (TPSA) is 55.1 Å². The van der Waals surface area contributed by atoms with E-state index in [1.807, 2.05) is 0 Å². The lowest BCUT2D eigenvalue weighted by Crippen LogP contribution is -2.21. The van der Waals surface area contributed by atoms with Gasteiger partial charge in [0.1, 0.15) is 5.02 Å². The molecule has 10 heavy (non-hydrogen) atoms. The minimum Gasteiger partial charge on any atom is -0.409 e. The SMILES string of the molecule is Cc1cnn(O)c(=O)c1Cl. The van der Waals surface area contributed by atoms with Gasteiger partial charge < -0.3 is 5.21 Å². The van der Waals surface area contributed by atoms with Gasteiger partial charge in [0, 0.05) is 0 Å². The van der Waals surface area contributed by atoms with Gasteiger partial charge in [-0.2, -0.15) is 0 Å². The van der Waals surface area contributed by atoms with E-state index in [1.54, 1.807) is 6.92 Å². The molecule has 5 heteroatoms. The van der Waals surface area contributed by atoms with Crippen molar-refractivity contribution in [1.29, 1.82) is 0 Å². The summed E-state index contributed by atoms with van der Waals surface area (Å²) in [4.78, 5) is 10.9. The zero-order valence-electron chi connectivity index (χ0n) is 5.21. The molecule has 0 bridgehead atoms. The first kappa shape index (κ1) is 7.08. The van der Waals surface area contributed by atoms with Crippen LogP contribution in [0.1, 0.15) is 5.56 Å². The van der Waals surface area contributed by atoms with E-state index in [2.05, 4.69) is 5.10 Å². The molecule has 54 valence electrons. The summed E-state index contributed by atoms with van der Waals surface area (Å²) in [6.45, 7) is 1.64. The van der Waals surface area contributed by atoms with Crippen LogP contribution in [0, 0.1) is 6.92 Å². The standard InChI is InChI=1S/C5H5ClN2O2/c1-3-2-7-8(10)5(9)4(3)6/h2,10H,1H3.